The number of aliphatic hydroxyl groups excluding tert-OH is 1. The van der Waals surface area contributed by atoms with Gasteiger partial charge in [0, 0.05) is 11.8 Å². The molecule has 1 fully saturated rings. The highest BCUT2D eigenvalue weighted by atomic mass is 16.5. The monoisotopic (exact) mass is 328 g/mol. The van der Waals surface area contributed by atoms with Crippen LogP contribution in [0.4, 0.5) is 5.95 Å². The van der Waals surface area contributed by atoms with Crippen LogP contribution in [0.25, 0.3) is 0 Å². The molecule has 0 amide bonds. The summed E-state index contributed by atoms with van der Waals surface area (Å²) in [4.78, 5) is 41.1. The molecule has 0 unspecified atom stereocenters. The molecule has 2 rings (SSSR count). The van der Waals surface area contributed by atoms with E-state index in [2.05, 4.69) is 9.97 Å². The number of hydrogen-bond acceptors (Lipinski definition) is 8. The smallest absolute Gasteiger partial charge is 0.354 e. The molecule has 0 spiro atoms. The second kappa shape index (κ2) is 6.71. The van der Waals surface area contributed by atoms with E-state index < -0.39 is 61.2 Å². The molecule has 11 heteroatoms. The minimum Gasteiger partial charge on any atom is -0.481 e. The van der Waals surface area contributed by atoms with Crippen LogP contribution >= 0.6 is 0 Å². The predicted octanol–water partition coefficient (Wildman–Crippen LogP) is -1.71. The zero-order valence-corrected chi connectivity index (χ0v) is 11.9. The first-order chi connectivity index (χ1) is 10.8. The molecule has 1 aliphatic heterocycles. The molecule has 23 heavy (non-hydrogen) atoms. The molecule has 4 atom stereocenters. The normalized spacial score (nSPS) is 27.0. The first-order valence-corrected chi connectivity index (χ1v) is 6.74. The van der Waals surface area contributed by atoms with Crippen LogP contribution in [0.2, 0.25) is 0 Å². The number of aromatic nitrogens is 3. The first kappa shape index (κ1) is 16.8. The molecule has 0 saturated carbocycles. The SMILES string of the molecule is Nc1ncn([C@@H]2O[C@@H](CO)[C@H](CC(=O)O)[C@H]2CC(=O)O)c(=O)n1. The van der Waals surface area contributed by atoms with E-state index in [9.17, 15) is 19.5 Å². The van der Waals surface area contributed by atoms with Crippen molar-refractivity contribution in [2.24, 2.45) is 11.8 Å². The van der Waals surface area contributed by atoms with Crippen LogP contribution < -0.4 is 11.4 Å². The minimum atomic E-state index is -1.18. The largest absolute Gasteiger partial charge is 0.481 e. The highest BCUT2D eigenvalue weighted by Crippen LogP contribution is 2.42. The number of carbonyl (C=O) groups is 2. The topological polar surface area (TPSA) is 178 Å². The second-order valence-electron chi connectivity index (χ2n) is 5.18. The molecule has 2 heterocycles. The molecule has 0 radical (unpaired) electrons. The number of nitrogens with zero attached hydrogens (tertiary/aromatic N) is 3. The highest BCUT2D eigenvalue weighted by Gasteiger charge is 2.47. The Labute approximate surface area is 129 Å². The Morgan fingerprint density at radius 3 is 2.39 bits per heavy atom. The number of aliphatic carboxylic acids is 2. The van der Waals surface area contributed by atoms with Crippen molar-refractivity contribution in [3.05, 3.63) is 16.8 Å². The fourth-order valence-electron chi connectivity index (χ4n) is 2.79. The van der Waals surface area contributed by atoms with Crippen molar-refractivity contribution >= 4 is 17.9 Å². The summed E-state index contributed by atoms with van der Waals surface area (Å²) in [7, 11) is 0. The number of nitrogens with two attached hydrogens (primary N) is 1. The van der Waals surface area contributed by atoms with Gasteiger partial charge in [-0.25, -0.2) is 9.78 Å². The van der Waals surface area contributed by atoms with E-state index in [0.29, 0.717) is 0 Å². The standard InChI is InChI=1S/C12H16N4O7/c13-11-14-4-16(12(22)15-11)10-6(2-9(20)21)5(1-8(18)19)7(3-17)23-10/h4-7,10,17H,1-3H2,(H,18,19)(H,20,21)(H2,13,15,22)/t5-,6-,7+,10-/m1/s1. The van der Waals surface area contributed by atoms with Crippen molar-refractivity contribution in [2.45, 2.75) is 25.2 Å². The van der Waals surface area contributed by atoms with Gasteiger partial charge in [-0.05, 0) is 0 Å². The molecule has 0 aliphatic carbocycles. The molecule has 11 nitrogen and oxygen atoms in total. The van der Waals surface area contributed by atoms with Crippen LogP contribution in [0.5, 0.6) is 0 Å². The predicted molar refractivity (Wildman–Crippen MR) is 73.2 cm³/mol. The zero-order chi connectivity index (χ0) is 17.1. The van der Waals surface area contributed by atoms with Crippen LogP contribution in [-0.4, -0.2) is 54.5 Å². The molecule has 0 bridgehead atoms. The van der Waals surface area contributed by atoms with E-state index in [-0.39, 0.29) is 5.95 Å². The number of carboxylic acid groups (broad SMARTS) is 2. The fraction of sp³-hybridized carbons (Fsp3) is 0.583. The Morgan fingerprint density at radius 2 is 1.87 bits per heavy atom. The van der Waals surface area contributed by atoms with Crippen LogP contribution in [0.15, 0.2) is 11.1 Å². The van der Waals surface area contributed by atoms with Gasteiger partial charge in [-0.1, -0.05) is 0 Å². The van der Waals surface area contributed by atoms with Crippen molar-refractivity contribution in [2.75, 3.05) is 12.3 Å². The van der Waals surface area contributed by atoms with E-state index in [1.54, 1.807) is 0 Å². The molecule has 1 aromatic heterocycles. The van der Waals surface area contributed by atoms with Crippen molar-refractivity contribution in [1.82, 2.24) is 14.5 Å². The molecular formula is C12H16N4O7. The summed E-state index contributed by atoms with van der Waals surface area (Å²) in [6, 6.07) is 0. The summed E-state index contributed by atoms with van der Waals surface area (Å²) in [6.07, 6.45) is -1.78. The minimum absolute atomic E-state index is 0.250. The van der Waals surface area contributed by atoms with Gasteiger partial charge < -0.3 is 25.8 Å². The Morgan fingerprint density at radius 1 is 1.26 bits per heavy atom. The summed E-state index contributed by atoms with van der Waals surface area (Å²) in [5.41, 5.74) is 4.50. The Balaban J connectivity index is 2.41. The second-order valence-corrected chi connectivity index (χ2v) is 5.18. The molecule has 126 valence electrons. The lowest BCUT2D eigenvalue weighted by Crippen LogP contribution is -2.33. The summed E-state index contributed by atoms with van der Waals surface area (Å²) in [6.45, 7) is -0.505. The van der Waals surface area contributed by atoms with Gasteiger partial charge in [0.15, 0.2) is 0 Å². The van der Waals surface area contributed by atoms with Gasteiger partial charge >= 0.3 is 17.6 Å². The van der Waals surface area contributed by atoms with Crippen LogP contribution in [0.3, 0.4) is 0 Å². The summed E-state index contributed by atoms with van der Waals surface area (Å²) >= 11 is 0. The fourth-order valence-corrected chi connectivity index (χ4v) is 2.79. The van der Waals surface area contributed by atoms with Gasteiger partial charge in [0.25, 0.3) is 0 Å². The lowest BCUT2D eigenvalue weighted by molar-refractivity contribution is -0.142. The lowest BCUT2D eigenvalue weighted by Gasteiger charge is -2.21. The van der Waals surface area contributed by atoms with Gasteiger partial charge in [-0.15, -0.1) is 0 Å². The van der Waals surface area contributed by atoms with Crippen LogP contribution in [0.1, 0.15) is 19.1 Å². The first-order valence-electron chi connectivity index (χ1n) is 6.74. The Hall–Kier alpha value is -2.53. The molecule has 1 saturated heterocycles. The summed E-state index contributed by atoms with van der Waals surface area (Å²) < 4.78 is 6.46. The van der Waals surface area contributed by atoms with Gasteiger partial charge in [-0.2, -0.15) is 4.98 Å². The van der Waals surface area contributed by atoms with E-state index in [1.807, 2.05) is 0 Å². The van der Waals surface area contributed by atoms with Crippen molar-refractivity contribution in [3.8, 4) is 0 Å². The van der Waals surface area contributed by atoms with Crippen molar-refractivity contribution in [1.29, 1.82) is 0 Å². The summed E-state index contributed by atoms with van der Waals surface area (Å²) in [5, 5.41) is 27.4. The van der Waals surface area contributed by atoms with Crippen LogP contribution in [0, 0.1) is 11.8 Å². The number of hydrogen-bond donors (Lipinski definition) is 4. The maximum Gasteiger partial charge on any atom is 0.354 e. The van der Waals surface area contributed by atoms with Gasteiger partial charge in [-0.3, -0.25) is 14.2 Å². The quantitative estimate of drug-likeness (QED) is 0.470. The van der Waals surface area contributed by atoms with Crippen molar-refractivity contribution < 1.29 is 29.6 Å². The maximum absolute atomic E-state index is 11.9. The zero-order valence-electron chi connectivity index (χ0n) is 11.9. The molecule has 5 N–H and O–H groups in total. The third kappa shape index (κ3) is 3.63. The maximum atomic E-state index is 11.9. The number of ether oxygens (including phenoxy) is 1. The molecule has 0 aromatic carbocycles. The van der Waals surface area contributed by atoms with Gasteiger partial charge in [0.05, 0.1) is 25.6 Å². The van der Waals surface area contributed by atoms with Crippen molar-refractivity contribution in [3.63, 3.8) is 0 Å². The number of aliphatic hydroxyl groups is 1. The molecule has 1 aliphatic rings. The average Bonchev–Trinajstić information content (AvgIpc) is 2.76. The lowest BCUT2D eigenvalue weighted by atomic mass is 9.84. The number of anilines is 1. The average molecular weight is 328 g/mol. The van der Waals surface area contributed by atoms with Gasteiger partial charge in [0.1, 0.15) is 12.6 Å². The van der Waals surface area contributed by atoms with E-state index in [1.165, 1.54) is 0 Å². The highest BCUT2D eigenvalue weighted by molar-refractivity contribution is 5.69. The number of nitrogen functional groups attached to an aromatic ring is 1. The third-order valence-corrected chi connectivity index (χ3v) is 3.73. The third-order valence-electron chi connectivity index (χ3n) is 3.73. The van der Waals surface area contributed by atoms with E-state index in [4.69, 9.17) is 20.7 Å². The number of rotatable bonds is 6. The van der Waals surface area contributed by atoms with Crippen LogP contribution in [-0.2, 0) is 14.3 Å². The van der Waals surface area contributed by atoms with Gasteiger partial charge in [0.2, 0.25) is 5.95 Å². The number of carboxylic acids is 2. The van der Waals surface area contributed by atoms with E-state index >= 15 is 0 Å². The Bertz CT molecular complexity index is 661. The molecule has 1 aromatic rings. The Kier molecular flexibility index (Phi) is 4.91. The molecular weight excluding hydrogens is 312 g/mol. The summed E-state index contributed by atoms with van der Waals surface area (Å²) in [5.74, 6) is -4.20. The van der Waals surface area contributed by atoms with E-state index in [0.717, 1.165) is 10.9 Å².